The number of para-hydroxylation sites is 1. The zero-order chi connectivity index (χ0) is 18.6. The Bertz CT molecular complexity index is 882. The van der Waals surface area contributed by atoms with Gasteiger partial charge in [-0.3, -0.25) is 9.52 Å². The highest BCUT2D eigenvalue weighted by molar-refractivity contribution is 7.92. The summed E-state index contributed by atoms with van der Waals surface area (Å²) in [6, 6.07) is 9.86. The molecule has 7 heteroatoms. The molecule has 1 amide bonds. The lowest BCUT2D eigenvalue weighted by Crippen LogP contribution is -2.32. The molecule has 0 saturated carbocycles. The van der Waals surface area contributed by atoms with E-state index in [-0.39, 0.29) is 33.7 Å². The lowest BCUT2D eigenvalue weighted by Gasteiger charge is -2.15. The van der Waals surface area contributed by atoms with E-state index in [1.54, 1.807) is 18.2 Å². The minimum atomic E-state index is -3.94. The number of aryl methyl sites for hydroxylation is 1. The molecule has 134 valence electrons. The number of amides is 1. The lowest BCUT2D eigenvalue weighted by atomic mass is 10.1. The zero-order valence-corrected chi connectivity index (χ0v) is 15.2. The first kappa shape index (κ1) is 18.9. The Morgan fingerprint density at radius 1 is 1.20 bits per heavy atom. The summed E-state index contributed by atoms with van der Waals surface area (Å²) < 4.78 is 40.9. The molecule has 1 atom stereocenters. The Morgan fingerprint density at radius 3 is 2.52 bits per heavy atom. The molecule has 0 fully saturated rings. The summed E-state index contributed by atoms with van der Waals surface area (Å²) in [6.07, 6.45) is 0.758. The Balaban J connectivity index is 2.33. The fraction of sp³-hybridized carbons (Fsp3) is 0.278. The van der Waals surface area contributed by atoms with Gasteiger partial charge in [0.25, 0.3) is 15.9 Å². The maximum Gasteiger partial charge on any atom is 0.261 e. The van der Waals surface area contributed by atoms with Crippen LogP contribution in [0.1, 0.15) is 36.2 Å². The van der Waals surface area contributed by atoms with E-state index >= 15 is 0 Å². The van der Waals surface area contributed by atoms with Gasteiger partial charge < -0.3 is 5.32 Å². The number of benzene rings is 2. The molecule has 0 saturated heterocycles. The van der Waals surface area contributed by atoms with Gasteiger partial charge >= 0.3 is 0 Å². The molecule has 5 nitrogen and oxygen atoms in total. The van der Waals surface area contributed by atoms with Crippen LogP contribution in [0.5, 0.6) is 0 Å². The Morgan fingerprint density at radius 2 is 1.88 bits per heavy atom. The SMILES string of the molecule is CCC(C)NC(=O)c1ccccc1NS(=O)(=O)c1ccc(F)c(C)c1. The van der Waals surface area contributed by atoms with E-state index < -0.39 is 15.8 Å². The lowest BCUT2D eigenvalue weighted by molar-refractivity contribution is 0.0940. The Hall–Kier alpha value is -2.41. The summed E-state index contributed by atoms with van der Waals surface area (Å²) >= 11 is 0. The molecule has 0 aliphatic carbocycles. The van der Waals surface area contributed by atoms with Gasteiger partial charge in [0.1, 0.15) is 5.82 Å². The topological polar surface area (TPSA) is 75.3 Å². The highest BCUT2D eigenvalue weighted by Gasteiger charge is 2.19. The maximum absolute atomic E-state index is 13.4. The third-order valence-electron chi connectivity index (χ3n) is 3.85. The number of nitrogens with one attached hydrogen (secondary N) is 2. The first-order chi connectivity index (χ1) is 11.7. The predicted molar refractivity (Wildman–Crippen MR) is 95.6 cm³/mol. The van der Waals surface area contributed by atoms with Crippen LogP contribution in [0.2, 0.25) is 0 Å². The Kier molecular flexibility index (Phi) is 5.79. The fourth-order valence-electron chi connectivity index (χ4n) is 2.16. The van der Waals surface area contributed by atoms with Crippen LogP contribution in [0, 0.1) is 12.7 Å². The molecule has 0 bridgehead atoms. The number of hydrogen-bond acceptors (Lipinski definition) is 3. The van der Waals surface area contributed by atoms with E-state index in [1.807, 2.05) is 13.8 Å². The molecule has 0 aromatic heterocycles. The van der Waals surface area contributed by atoms with Crippen LogP contribution in [0.15, 0.2) is 47.4 Å². The maximum atomic E-state index is 13.4. The minimum Gasteiger partial charge on any atom is -0.350 e. The van der Waals surface area contributed by atoms with E-state index in [1.165, 1.54) is 25.1 Å². The molecular weight excluding hydrogens is 343 g/mol. The van der Waals surface area contributed by atoms with Crippen molar-refractivity contribution < 1.29 is 17.6 Å². The van der Waals surface area contributed by atoms with Crippen molar-refractivity contribution in [3.05, 3.63) is 59.4 Å². The standard InChI is InChI=1S/C18H21FN2O3S/c1-4-13(3)20-18(22)15-7-5-6-8-17(15)21-25(23,24)14-9-10-16(19)12(2)11-14/h5-11,13,21H,4H2,1-3H3,(H,20,22). The molecule has 0 spiro atoms. The normalized spacial score (nSPS) is 12.5. The zero-order valence-electron chi connectivity index (χ0n) is 14.3. The predicted octanol–water partition coefficient (Wildman–Crippen LogP) is 3.46. The van der Waals surface area contributed by atoms with Crippen LogP contribution in [-0.4, -0.2) is 20.4 Å². The van der Waals surface area contributed by atoms with E-state index in [0.717, 1.165) is 12.5 Å². The molecule has 25 heavy (non-hydrogen) atoms. The molecule has 2 N–H and O–H groups in total. The monoisotopic (exact) mass is 364 g/mol. The second-order valence-corrected chi connectivity index (χ2v) is 7.53. The number of hydrogen-bond donors (Lipinski definition) is 2. The first-order valence-electron chi connectivity index (χ1n) is 7.93. The van der Waals surface area contributed by atoms with Crippen LogP contribution >= 0.6 is 0 Å². The van der Waals surface area contributed by atoms with Gasteiger partial charge in [-0.2, -0.15) is 0 Å². The van der Waals surface area contributed by atoms with Gasteiger partial charge in [0.15, 0.2) is 0 Å². The summed E-state index contributed by atoms with van der Waals surface area (Å²) in [5, 5.41) is 2.81. The number of sulfonamides is 1. The molecule has 1 unspecified atom stereocenters. The van der Waals surface area contributed by atoms with Gasteiger partial charge in [-0.1, -0.05) is 19.1 Å². The van der Waals surface area contributed by atoms with Crippen molar-refractivity contribution in [2.45, 2.75) is 38.1 Å². The van der Waals surface area contributed by atoms with Gasteiger partial charge in [-0.05, 0) is 56.2 Å². The van der Waals surface area contributed by atoms with Crippen LogP contribution in [-0.2, 0) is 10.0 Å². The third-order valence-corrected chi connectivity index (χ3v) is 5.21. The number of halogens is 1. The second kappa shape index (κ2) is 7.65. The molecule has 0 aliphatic rings. The van der Waals surface area contributed by atoms with Crippen LogP contribution in [0.4, 0.5) is 10.1 Å². The van der Waals surface area contributed by atoms with Crippen LogP contribution in [0.25, 0.3) is 0 Å². The van der Waals surface area contributed by atoms with Gasteiger partial charge in [-0.25, -0.2) is 12.8 Å². The quantitative estimate of drug-likeness (QED) is 0.824. The largest absolute Gasteiger partial charge is 0.350 e. The third kappa shape index (κ3) is 4.57. The molecule has 0 aliphatic heterocycles. The smallest absolute Gasteiger partial charge is 0.261 e. The first-order valence-corrected chi connectivity index (χ1v) is 9.41. The van der Waals surface area contributed by atoms with Gasteiger partial charge in [0.2, 0.25) is 0 Å². The Labute approximate surface area is 147 Å². The minimum absolute atomic E-state index is 0.0306. The van der Waals surface area contributed by atoms with E-state index in [0.29, 0.717) is 0 Å². The average molecular weight is 364 g/mol. The fourth-order valence-corrected chi connectivity index (χ4v) is 3.33. The molecular formula is C18H21FN2O3S. The highest BCUT2D eigenvalue weighted by atomic mass is 32.2. The molecule has 2 rings (SSSR count). The van der Waals surface area contributed by atoms with E-state index in [4.69, 9.17) is 0 Å². The molecule has 0 radical (unpaired) electrons. The number of carbonyl (C=O) groups is 1. The molecule has 0 heterocycles. The van der Waals surface area contributed by atoms with Crippen molar-refractivity contribution in [2.75, 3.05) is 4.72 Å². The van der Waals surface area contributed by atoms with Gasteiger partial charge in [-0.15, -0.1) is 0 Å². The summed E-state index contributed by atoms with van der Waals surface area (Å²) in [5.41, 5.74) is 0.626. The molecule has 2 aromatic rings. The van der Waals surface area contributed by atoms with Crippen molar-refractivity contribution in [1.82, 2.24) is 5.32 Å². The number of rotatable bonds is 6. The summed E-state index contributed by atoms with van der Waals surface area (Å²) in [4.78, 5) is 12.3. The van der Waals surface area contributed by atoms with Crippen molar-refractivity contribution in [2.24, 2.45) is 0 Å². The van der Waals surface area contributed by atoms with Crippen molar-refractivity contribution in [3.8, 4) is 0 Å². The van der Waals surface area contributed by atoms with E-state index in [2.05, 4.69) is 10.0 Å². The second-order valence-electron chi connectivity index (χ2n) is 5.84. The van der Waals surface area contributed by atoms with Crippen LogP contribution < -0.4 is 10.0 Å². The average Bonchev–Trinajstić information content (AvgIpc) is 2.57. The van der Waals surface area contributed by atoms with Crippen molar-refractivity contribution >= 4 is 21.6 Å². The summed E-state index contributed by atoms with van der Waals surface area (Å²) in [5.74, 6) is -0.838. The van der Waals surface area contributed by atoms with Gasteiger partial charge in [0.05, 0.1) is 16.1 Å². The molecule has 2 aromatic carbocycles. The summed E-state index contributed by atoms with van der Waals surface area (Å²) in [6.45, 7) is 5.30. The summed E-state index contributed by atoms with van der Waals surface area (Å²) in [7, 11) is -3.94. The highest BCUT2D eigenvalue weighted by Crippen LogP contribution is 2.21. The number of anilines is 1. The van der Waals surface area contributed by atoms with E-state index in [9.17, 15) is 17.6 Å². The van der Waals surface area contributed by atoms with Crippen molar-refractivity contribution in [3.63, 3.8) is 0 Å². The van der Waals surface area contributed by atoms with Crippen molar-refractivity contribution in [1.29, 1.82) is 0 Å². The van der Waals surface area contributed by atoms with Gasteiger partial charge in [0, 0.05) is 6.04 Å². The number of carbonyl (C=O) groups excluding carboxylic acids is 1. The van der Waals surface area contributed by atoms with Crippen LogP contribution in [0.3, 0.4) is 0 Å².